The summed E-state index contributed by atoms with van der Waals surface area (Å²) in [6, 6.07) is 5.57. The second-order valence-electron chi connectivity index (χ2n) is 6.39. The van der Waals surface area contributed by atoms with E-state index in [0.717, 1.165) is 49.9 Å². The molecule has 138 valence electrons. The highest BCUT2D eigenvalue weighted by molar-refractivity contribution is 5.44. The smallest absolute Gasteiger partial charge is 0.161 e. The summed E-state index contributed by atoms with van der Waals surface area (Å²) < 4.78 is 3.27. The van der Waals surface area contributed by atoms with Gasteiger partial charge in [-0.2, -0.15) is 19.6 Å². The number of hydrogen-bond acceptors (Lipinski definition) is 6. The van der Waals surface area contributed by atoms with Crippen LogP contribution < -0.4 is 11.5 Å². The van der Waals surface area contributed by atoms with Gasteiger partial charge in [-0.1, -0.05) is 26.7 Å². The molecule has 3 heterocycles. The van der Waals surface area contributed by atoms with Gasteiger partial charge in [0.05, 0.1) is 11.4 Å². The highest BCUT2D eigenvalue weighted by atomic mass is 15.4. The Morgan fingerprint density at radius 3 is 1.65 bits per heavy atom. The first-order valence-corrected chi connectivity index (χ1v) is 9.14. The molecule has 0 amide bonds. The Labute approximate surface area is 153 Å². The molecular weight excluding hydrogens is 328 g/mol. The summed E-state index contributed by atoms with van der Waals surface area (Å²) in [5, 5.41) is 9.12. The van der Waals surface area contributed by atoms with Crippen LogP contribution in [0.2, 0.25) is 0 Å². The maximum atomic E-state index is 6.12. The molecule has 0 aromatic carbocycles. The largest absolute Gasteiger partial charge is 0.384 e. The average Bonchev–Trinajstić information content (AvgIpc) is 3.20. The van der Waals surface area contributed by atoms with Crippen molar-refractivity contribution in [3.8, 4) is 11.6 Å². The van der Waals surface area contributed by atoms with Crippen molar-refractivity contribution in [2.24, 2.45) is 0 Å². The van der Waals surface area contributed by atoms with Gasteiger partial charge in [-0.3, -0.25) is 0 Å². The van der Waals surface area contributed by atoms with Crippen molar-refractivity contribution in [3.63, 3.8) is 0 Å². The van der Waals surface area contributed by atoms with E-state index in [0.29, 0.717) is 23.3 Å². The van der Waals surface area contributed by atoms with Gasteiger partial charge in [-0.05, 0) is 25.7 Å². The number of nitrogens with two attached hydrogens (primary N) is 2. The lowest BCUT2D eigenvalue weighted by atomic mass is 10.2. The zero-order valence-electron chi connectivity index (χ0n) is 15.4. The molecule has 0 atom stereocenters. The van der Waals surface area contributed by atoms with Gasteiger partial charge in [0, 0.05) is 18.2 Å². The summed E-state index contributed by atoms with van der Waals surface area (Å²) in [6.07, 6.45) is 7.67. The van der Waals surface area contributed by atoms with Crippen LogP contribution in [0.1, 0.15) is 50.9 Å². The van der Waals surface area contributed by atoms with Crippen LogP contribution in [0, 0.1) is 0 Å². The molecule has 0 aliphatic carbocycles. The number of aromatic nitrogens is 6. The van der Waals surface area contributed by atoms with Crippen LogP contribution >= 0.6 is 0 Å². The van der Waals surface area contributed by atoms with Gasteiger partial charge in [0.15, 0.2) is 11.6 Å². The van der Waals surface area contributed by atoms with Crippen LogP contribution in [-0.4, -0.2) is 29.5 Å². The summed E-state index contributed by atoms with van der Waals surface area (Å²) in [5.74, 6) is 2.30. The van der Waals surface area contributed by atoms with E-state index in [2.05, 4.69) is 34.0 Å². The third kappa shape index (κ3) is 3.84. The molecule has 0 aliphatic rings. The summed E-state index contributed by atoms with van der Waals surface area (Å²) >= 11 is 0. The summed E-state index contributed by atoms with van der Waals surface area (Å²) in [6.45, 7) is 4.31. The van der Waals surface area contributed by atoms with Crippen molar-refractivity contribution >= 4 is 11.6 Å². The summed E-state index contributed by atoms with van der Waals surface area (Å²) in [7, 11) is 0. The normalized spacial score (nSPS) is 11.2. The lowest BCUT2D eigenvalue weighted by Crippen LogP contribution is -2.09. The molecule has 4 N–H and O–H groups in total. The Bertz CT molecular complexity index is 796. The maximum Gasteiger partial charge on any atom is 0.161 e. The molecule has 0 saturated carbocycles. The number of nitrogen functional groups attached to an aromatic ring is 2. The van der Waals surface area contributed by atoms with Crippen molar-refractivity contribution < 1.29 is 0 Å². The topological polar surface area (TPSA) is 113 Å². The monoisotopic (exact) mass is 354 g/mol. The number of hydrogen-bond donors (Lipinski definition) is 2. The van der Waals surface area contributed by atoms with Crippen molar-refractivity contribution in [3.05, 3.63) is 35.9 Å². The van der Waals surface area contributed by atoms with Crippen LogP contribution in [0.5, 0.6) is 0 Å². The van der Waals surface area contributed by atoms with Crippen LogP contribution in [0.25, 0.3) is 11.6 Å². The van der Waals surface area contributed by atoms with E-state index < -0.39 is 0 Å². The van der Waals surface area contributed by atoms with Crippen molar-refractivity contribution in [1.29, 1.82) is 0 Å². The Morgan fingerprint density at radius 1 is 0.769 bits per heavy atom. The molecule has 3 aromatic heterocycles. The van der Waals surface area contributed by atoms with Gasteiger partial charge in [-0.25, -0.2) is 9.97 Å². The number of aryl methyl sites for hydroxylation is 2. The van der Waals surface area contributed by atoms with E-state index in [1.54, 1.807) is 15.4 Å². The van der Waals surface area contributed by atoms with Crippen molar-refractivity contribution in [1.82, 2.24) is 29.5 Å². The number of rotatable bonds is 8. The van der Waals surface area contributed by atoms with E-state index >= 15 is 0 Å². The molecule has 0 unspecified atom stereocenters. The molecule has 26 heavy (non-hydrogen) atoms. The summed E-state index contributed by atoms with van der Waals surface area (Å²) in [5.41, 5.74) is 14.2. The molecule has 8 nitrogen and oxygen atoms in total. The van der Waals surface area contributed by atoms with Gasteiger partial charge in [0.25, 0.3) is 0 Å². The first-order valence-electron chi connectivity index (χ1n) is 9.14. The van der Waals surface area contributed by atoms with Crippen LogP contribution in [0.3, 0.4) is 0 Å². The Morgan fingerprint density at radius 2 is 1.23 bits per heavy atom. The molecule has 0 bridgehead atoms. The Kier molecular flexibility index (Phi) is 5.50. The third-order valence-electron chi connectivity index (χ3n) is 4.22. The maximum absolute atomic E-state index is 6.12. The van der Waals surface area contributed by atoms with E-state index in [9.17, 15) is 0 Å². The first kappa shape index (κ1) is 17.9. The van der Waals surface area contributed by atoms with Gasteiger partial charge >= 0.3 is 0 Å². The lowest BCUT2D eigenvalue weighted by molar-refractivity contribution is 0.737. The SMILES string of the molecule is CCCCc1cc(N)n(-c2cc(-n3nc(CCCC)cc3N)ncn2)n1. The Balaban J connectivity index is 1.89. The molecule has 0 spiro atoms. The molecule has 3 rings (SSSR count). The fourth-order valence-corrected chi connectivity index (χ4v) is 2.79. The van der Waals surface area contributed by atoms with E-state index in [1.165, 1.54) is 6.33 Å². The highest BCUT2D eigenvalue weighted by Gasteiger charge is 2.12. The molecule has 0 radical (unpaired) electrons. The molecule has 0 saturated heterocycles. The standard InChI is InChI=1S/C18H26N8/c1-3-5-7-13-9-15(19)25(23-13)17-11-18(22-12-21-17)26-16(20)10-14(24-26)8-6-4-2/h9-12H,3-8,19-20H2,1-2H3. The molecule has 8 heteroatoms. The van der Waals surface area contributed by atoms with Crippen molar-refractivity contribution in [2.75, 3.05) is 11.5 Å². The molecular formula is C18H26N8. The van der Waals surface area contributed by atoms with Gasteiger partial charge in [0.2, 0.25) is 0 Å². The third-order valence-corrected chi connectivity index (χ3v) is 4.22. The van der Waals surface area contributed by atoms with E-state index in [4.69, 9.17) is 11.5 Å². The van der Waals surface area contributed by atoms with Gasteiger partial charge < -0.3 is 11.5 Å². The zero-order chi connectivity index (χ0) is 18.5. The second-order valence-corrected chi connectivity index (χ2v) is 6.39. The predicted molar refractivity (Wildman–Crippen MR) is 102 cm³/mol. The van der Waals surface area contributed by atoms with E-state index in [1.807, 2.05) is 12.1 Å². The minimum Gasteiger partial charge on any atom is -0.384 e. The minimum absolute atomic E-state index is 0.554. The number of nitrogens with zero attached hydrogens (tertiary/aromatic N) is 6. The van der Waals surface area contributed by atoms with Gasteiger partial charge in [0.1, 0.15) is 18.0 Å². The highest BCUT2D eigenvalue weighted by Crippen LogP contribution is 2.18. The second kappa shape index (κ2) is 7.99. The van der Waals surface area contributed by atoms with Gasteiger partial charge in [-0.15, -0.1) is 0 Å². The number of unbranched alkanes of at least 4 members (excludes halogenated alkanes) is 2. The zero-order valence-corrected chi connectivity index (χ0v) is 15.4. The first-order chi connectivity index (χ1) is 12.6. The molecule has 0 aliphatic heterocycles. The average molecular weight is 354 g/mol. The summed E-state index contributed by atoms with van der Waals surface area (Å²) in [4.78, 5) is 8.61. The van der Waals surface area contributed by atoms with Crippen molar-refractivity contribution in [2.45, 2.75) is 52.4 Å². The fourth-order valence-electron chi connectivity index (χ4n) is 2.79. The van der Waals surface area contributed by atoms with Crippen LogP contribution in [0.4, 0.5) is 11.6 Å². The fraction of sp³-hybridized carbons (Fsp3) is 0.444. The predicted octanol–water partition coefficient (Wildman–Crippen LogP) is 2.70. The number of anilines is 2. The lowest BCUT2D eigenvalue weighted by Gasteiger charge is -2.06. The molecule has 0 fully saturated rings. The van der Waals surface area contributed by atoms with E-state index in [-0.39, 0.29) is 0 Å². The Hall–Kier alpha value is -2.90. The van der Waals surface area contributed by atoms with Crippen LogP contribution in [0.15, 0.2) is 24.5 Å². The quantitative estimate of drug-likeness (QED) is 0.643. The minimum atomic E-state index is 0.554. The molecule has 3 aromatic rings. The van der Waals surface area contributed by atoms with Crippen LogP contribution in [-0.2, 0) is 12.8 Å².